The maximum atomic E-state index is 12.3. The first kappa shape index (κ1) is 21.2. The summed E-state index contributed by atoms with van der Waals surface area (Å²) < 4.78 is 6.72. The Balaban J connectivity index is 1.53. The Morgan fingerprint density at radius 3 is 2.63 bits per heavy atom. The summed E-state index contributed by atoms with van der Waals surface area (Å²) in [6.07, 6.45) is 1.67. The van der Waals surface area contributed by atoms with Crippen LogP contribution < -0.4 is 10.9 Å². The van der Waals surface area contributed by atoms with Crippen LogP contribution in [0.1, 0.15) is 35.0 Å². The molecule has 1 heterocycles. The number of hydrogen-bond donors (Lipinski definition) is 1. The van der Waals surface area contributed by atoms with Crippen molar-refractivity contribution < 1.29 is 14.3 Å². The molecule has 0 bridgehead atoms. The molecule has 0 aliphatic heterocycles. The van der Waals surface area contributed by atoms with E-state index in [9.17, 15) is 14.4 Å². The van der Waals surface area contributed by atoms with E-state index in [-0.39, 0.29) is 23.6 Å². The Morgan fingerprint density at radius 2 is 1.90 bits per heavy atom. The normalized spacial score (nSPS) is 10.7. The average molecular weight is 407 g/mol. The number of carbonyl (C=O) groups is 2. The Bertz CT molecular complexity index is 1110. The molecule has 7 nitrogen and oxygen atoms in total. The summed E-state index contributed by atoms with van der Waals surface area (Å²) in [6.45, 7) is 4.19. The number of fused-ring (bicyclic) bond motifs is 1. The van der Waals surface area contributed by atoms with Crippen LogP contribution in [0.2, 0.25) is 0 Å². The fraction of sp³-hybridized carbons (Fsp3) is 0.304. The van der Waals surface area contributed by atoms with Crippen LogP contribution in [0.4, 0.5) is 0 Å². The minimum absolute atomic E-state index is 0.149. The standard InChI is InChI=1S/C23H25N3O4/c1-3-26-20-12-11-18(14-19(20)25-16(2)22(26)28)23(29)30-15-21(27)24-13-7-10-17-8-5-4-6-9-17/h4-6,8-9,11-12,14H,3,7,10,13,15H2,1-2H3,(H,24,27). The minimum atomic E-state index is -0.606. The number of esters is 1. The van der Waals surface area contributed by atoms with Crippen molar-refractivity contribution in [1.82, 2.24) is 14.9 Å². The van der Waals surface area contributed by atoms with Crippen molar-refractivity contribution >= 4 is 22.9 Å². The predicted molar refractivity (Wildman–Crippen MR) is 114 cm³/mol. The molecule has 0 atom stereocenters. The third-order valence-corrected chi connectivity index (χ3v) is 4.80. The molecule has 3 aromatic rings. The van der Waals surface area contributed by atoms with E-state index in [0.717, 1.165) is 12.8 Å². The second-order valence-electron chi connectivity index (χ2n) is 6.97. The van der Waals surface area contributed by atoms with Crippen molar-refractivity contribution in [3.63, 3.8) is 0 Å². The maximum absolute atomic E-state index is 12.3. The lowest BCUT2D eigenvalue weighted by atomic mass is 10.1. The van der Waals surface area contributed by atoms with Crippen LogP contribution in [0.3, 0.4) is 0 Å². The maximum Gasteiger partial charge on any atom is 0.338 e. The van der Waals surface area contributed by atoms with Crippen LogP contribution in [0.25, 0.3) is 11.0 Å². The molecule has 0 aliphatic rings. The zero-order chi connectivity index (χ0) is 21.5. The highest BCUT2D eigenvalue weighted by Crippen LogP contribution is 2.14. The van der Waals surface area contributed by atoms with E-state index in [0.29, 0.717) is 29.8 Å². The van der Waals surface area contributed by atoms with Gasteiger partial charge < -0.3 is 14.6 Å². The first-order valence-electron chi connectivity index (χ1n) is 9.98. The molecule has 30 heavy (non-hydrogen) atoms. The van der Waals surface area contributed by atoms with Crippen molar-refractivity contribution in [2.24, 2.45) is 0 Å². The van der Waals surface area contributed by atoms with Crippen LogP contribution >= 0.6 is 0 Å². The molecule has 0 unspecified atom stereocenters. The van der Waals surface area contributed by atoms with Gasteiger partial charge in [0.25, 0.3) is 11.5 Å². The number of nitrogens with one attached hydrogen (secondary N) is 1. The minimum Gasteiger partial charge on any atom is -0.452 e. The van der Waals surface area contributed by atoms with Crippen molar-refractivity contribution in [2.45, 2.75) is 33.2 Å². The number of aromatic nitrogens is 2. The molecule has 7 heteroatoms. The zero-order valence-electron chi connectivity index (χ0n) is 17.2. The van der Waals surface area contributed by atoms with Crippen LogP contribution in [0.15, 0.2) is 53.3 Å². The van der Waals surface area contributed by atoms with E-state index in [1.807, 2.05) is 37.3 Å². The van der Waals surface area contributed by atoms with Gasteiger partial charge in [-0.3, -0.25) is 9.59 Å². The van der Waals surface area contributed by atoms with Gasteiger partial charge in [0.05, 0.1) is 16.6 Å². The summed E-state index contributed by atoms with van der Waals surface area (Å²) in [5, 5.41) is 2.75. The zero-order valence-corrected chi connectivity index (χ0v) is 17.2. The SMILES string of the molecule is CCn1c(=O)c(C)nc2cc(C(=O)OCC(=O)NCCCc3ccccc3)ccc21. The fourth-order valence-electron chi connectivity index (χ4n) is 3.25. The van der Waals surface area contributed by atoms with E-state index >= 15 is 0 Å². The van der Waals surface area contributed by atoms with Gasteiger partial charge in [-0.25, -0.2) is 9.78 Å². The number of amides is 1. The third kappa shape index (κ3) is 5.11. The Hall–Kier alpha value is -3.48. The molecule has 0 fully saturated rings. The predicted octanol–water partition coefficient (Wildman–Crippen LogP) is 2.63. The first-order valence-corrected chi connectivity index (χ1v) is 9.98. The highest BCUT2D eigenvalue weighted by atomic mass is 16.5. The van der Waals surface area contributed by atoms with E-state index in [1.165, 1.54) is 5.56 Å². The number of rotatable bonds is 8. The van der Waals surface area contributed by atoms with Crippen molar-refractivity contribution in [3.05, 3.63) is 75.7 Å². The van der Waals surface area contributed by atoms with E-state index in [2.05, 4.69) is 10.3 Å². The number of benzene rings is 2. The number of aryl methyl sites for hydroxylation is 3. The molecule has 0 saturated carbocycles. The molecule has 1 amide bonds. The number of ether oxygens (including phenoxy) is 1. The lowest BCUT2D eigenvalue weighted by molar-refractivity contribution is -0.124. The summed E-state index contributed by atoms with van der Waals surface area (Å²) in [4.78, 5) is 40.7. The molecule has 0 saturated heterocycles. The molecule has 2 aromatic carbocycles. The summed E-state index contributed by atoms with van der Waals surface area (Å²) in [5.74, 6) is -0.948. The first-order chi connectivity index (χ1) is 14.5. The molecular weight excluding hydrogens is 382 g/mol. The molecule has 3 rings (SSSR count). The topological polar surface area (TPSA) is 90.3 Å². The van der Waals surface area contributed by atoms with Gasteiger partial charge in [-0.1, -0.05) is 30.3 Å². The Kier molecular flexibility index (Phi) is 6.95. The second kappa shape index (κ2) is 9.82. The van der Waals surface area contributed by atoms with E-state index < -0.39 is 5.97 Å². The monoisotopic (exact) mass is 407 g/mol. The number of hydrogen-bond acceptors (Lipinski definition) is 5. The van der Waals surface area contributed by atoms with Crippen LogP contribution in [0, 0.1) is 6.92 Å². The molecule has 156 valence electrons. The molecular formula is C23H25N3O4. The highest BCUT2D eigenvalue weighted by Gasteiger charge is 2.13. The lowest BCUT2D eigenvalue weighted by Crippen LogP contribution is -2.29. The molecule has 0 radical (unpaired) electrons. The molecule has 0 spiro atoms. The van der Waals surface area contributed by atoms with Gasteiger partial charge >= 0.3 is 5.97 Å². The average Bonchev–Trinajstić information content (AvgIpc) is 2.76. The van der Waals surface area contributed by atoms with Gasteiger partial charge in [0.2, 0.25) is 0 Å². The lowest BCUT2D eigenvalue weighted by Gasteiger charge is -2.10. The third-order valence-electron chi connectivity index (χ3n) is 4.80. The smallest absolute Gasteiger partial charge is 0.338 e. The fourth-order valence-corrected chi connectivity index (χ4v) is 3.25. The van der Waals surface area contributed by atoms with Crippen LogP contribution in [0.5, 0.6) is 0 Å². The largest absolute Gasteiger partial charge is 0.452 e. The van der Waals surface area contributed by atoms with E-state index in [1.54, 1.807) is 29.7 Å². The van der Waals surface area contributed by atoms with Gasteiger partial charge in [0.1, 0.15) is 5.69 Å². The number of carbonyl (C=O) groups excluding carboxylic acids is 2. The summed E-state index contributed by atoms with van der Waals surface area (Å²) >= 11 is 0. The summed E-state index contributed by atoms with van der Waals surface area (Å²) in [7, 11) is 0. The van der Waals surface area contributed by atoms with Crippen LogP contribution in [-0.4, -0.2) is 34.6 Å². The Labute approximate surface area is 174 Å². The van der Waals surface area contributed by atoms with Gasteiger partial charge in [-0.15, -0.1) is 0 Å². The molecule has 1 N–H and O–H groups in total. The van der Waals surface area contributed by atoms with E-state index in [4.69, 9.17) is 4.74 Å². The second-order valence-corrected chi connectivity index (χ2v) is 6.97. The van der Waals surface area contributed by atoms with Crippen molar-refractivity contribution in [2.75, 3.05) is 13.2 Å². The quantitative estimate of drug-likeness (QED) is 0.458. The highest BCUT2D eigenvalue weighted by molar-refractivity contribution is 5.94. The van der Waals surface area contributed by atoms with Crippen LogP contribution in [-0.2, 0) is 22.5 Å². The summed E-state index contributed by atoms with van der Waals surface area (Å²) in [6, 6.07) is 14.9. The van der Waals surface area contributed by atoms with Gasteiger partial charge in [0.15, 0.2) is 6.61 Å². The number of nitrogens with zero attached hydrogens (tertiary/aromatic N) is 2. The van der Waals surface area contributed by atoms with Gasteiger partial charge in [-0.05, 0) is 50.5 Å². The van der Waals surface area contributed by atoms with Crippen molar-refractivity contribution in [3.8, 4) is 0 Å². The van der Waals surface area contributed by atoms with Gasteiger partial charge in [-0.2, -0.15) is 0 Å². The molecule has 0 aliphatic carbocycles. The van der Waals surface area contributed by atoms with Gasteiger partial charge in [0, 0.05) is 13.1 Å². The van der Waals surface area contributed by atoms with Crippen molar-refractivity contribution in [1.29, 1.82) is 0 Å². The summed E-state index contributed by atoms with van der Waals surface area (Å²) in [5.41, 5.74) is 2.91. The molecule has 1 aromatic heterocycles. The Morgan fingerprint density at radius 1 is 1.13 bits per heavy atom.